The zero-order chi connectivity index (χ0) is 15.1. The number of unbranched alkanes of at least 4 members (excludes halogenated alkanes) is 4. The van der Waals surface area contributed by atoms with Crippen molar-refractivity contribution in [2.45, 2.75) is 79.1 Å². The zero-order valence-corrected chi connectivity index (χ0v) is 14.3. The van der Waals surface area contributed by atoms with Crippen molar-refractivity contribution in [1.82, 2.24) is 10.2 Å². The van der Waals surface area contributed by atoms with Crippen molar-refractivity contribution in [2.75, 3.05) is 26.2 Å². The average Bonchev–Trinajstić information content (AvgIpc) is 2.46. The predicted molar refractivity (Wildman–Crippen MR) is 90.5 cm³/mol. The van der Waals surface area contributed by atoms with Gasteiger partial charge in [-0.2, -0.15) is 0 Å². The molecule has 0 atom stereocenters. The molecule has 3 nitrogen and oxygen atoms in total. The minimum absolute atomic E-state index is 0.927. The molecule has 0 N–H and O–H groups in total. The molecule has 0 aliphatic rings. The molecule has 0 aliphatic heterocycles. The van der Waals surface area contributed by atoms with Gasteiger partial charge in [-0.05, 0) is 25.7 Å². The van der Waals surface area contributed by atoms with Gasteiger partial charge in [0.05, 0.1) is 0 Å². The Kier molecular flexibility index (Phi) is 14.1. The van der Waals surface area contributed by atoms with Crippen LogP contribution in [0.2, 0.25) is 0 Å². The van der Waals surface area contributed by atoms with E-state index < -0.39 is 0 Å². The summed E-state index contributed by atoms with van der Waals surface area (Å²) in [4.78, 5) is 7.18. The highest BCUT2D eigenvalue weighted by atomic mass is 15.3. The molecular formula is C17H36N3. The van der Waals surface area contributed by atoms with Gasteiger partial charge >= 0.3 is 0 Å². The van der Waals surface area contributed by atoms with E-state index >= 15 is 0 Å². The van der Waals surface area contributed by atoms with E-state index in [0.717, 1.165) is 32.1 Å². The van der Waals surface area contributed by atoms with Crippen molar-refractivity contribution in [2.24, 2.45) is 4.99 Å². The van der Waals surface area contributed by atoms with Crippen molar-refractivity contribution >= 4 is 5.96 Å². The van der Waals surface area contributed by atoms with Crippen LogP contribution in [-0.4, -0.2) is 37.0 Å². The van der Waals surface area contributed by atoms with Gasteiger partial charge in [0.1, 0.15) is 0 Å². The first-order valence-electron chi connectivity index (χ1n) is 8.76. The monoisotopic (exact) mass is 282 g/mol. The summed E-state index contributed by atoms with van der Waals surface area (Å²) in [6.07, 6.45) is 9.69. The molecule has 0 aromatic rings. The van der Waals surface area contributed by atoms with Crippen LogP contribution >= 0.6 is 0 Å². The minimum Gasteiger partial charge on any atom is -0.341 e. The van der Waals surface area contributed by atoms with Gasteiger partial charge in [0.15, 0.2) is 0 Å². The Morgan fingerprint density at radius 1 is 0.700 bits per heavy atom. The highest BCUT2D eigenvalue weighted by Gasteiger charge is 2.11. The third-order valence-electron chi connectivity index (χ3n) is 3.38. The second kappa shape index (κ2) is 14.7. The molecule has 0 aliphatic carbocycles. The molecule has 20 heavy (non-hydrogen) atoms. The molecule has 0 aromatic heterocycles. The number of hydrogen-bond donors (Lipinski definition) is 0. The summed E-state index contributed by atoms with van der Waals surface area (Å²) in [5.74, 6) is 1.02. The van der Waals surface area contributed by atoms with Gasteiger partial charge in [-0.25, -0.2) is 0 Å². The van der Waals surface area contributed by atoms with Gasteiger partial charge in [0, 0.05) is 26.2 Å². The summed E-state index contributed by atoms with van der Waals surface area (Å²) in [6.45, 7) is 13.0. The lowest BCUT2D eigenvalue weighted by molar-refractivity contribution is 0.381. The van der Waals surface area contributed by atoms with Crippen LogP contribution in [0, 0.1) is 0 Å². The number of rotatable bonds is 12. The molecule has 3 heteroatoms. The molecular weight excluding hydrogens is 246 g/mol. The van der Waals surface area contributed by atoms with Crippen LogP contribution < -0.4 is 5.32 Å². The highest BCUT2D eigenvalue weighted by molar-refractivity contribution is 5.79. The first-order chi connectivity index (χ1) is 9.79. The Morgan fingerprint density at radius 2 is 1.20 bits per heavy atom. The zero-order valence-electron chi connectivity index (χ0n) is 14.3. The fourth-order valence-electron chi connectivity index (χ4n) is 1.93. The van der Waals surface area contributed by atoms with Crippen LogP contribution in [0.1, 0.15) is 79.1 Å². The standard InChI is InChI=1S/C17H36N3/c1-5-9-13-18-17(19-14-10-6-2)20(15-11-7-3)16-12-8-4/h5-16H2,1-4H3. The summed E-state index contributed by atoms with van der Waals surface area (Å²) in [7, 11) is 0. The van der Waals surface area contributed by atoms with Crippen LogP contribution in [0.15, 0.2) is 4.99 Å². The normalized spacial score (nSPS) is 11.7. The molecule has 0 saturated carbocycles. The van der Waals surface area contributed by atoms with E-state index in [-0.39, 0.29) is 0 Å². The first-order valence-corrected chi connectivity index (χ1v) is 8.76. The molecule has 0 aromatic carbocycles. The van der Waals surface area contributed by atoms with Crippen LogP contribution in [0.4, 0.5) is 0 Å². The Hall–Kier alpha value is -0.730. The van der Waals surface area contributed by atoms with Crippen molar-refractivity contribution in [3.63, 3.8) is 0 Å². The Labute approximate surface area is 127 Å². The quantitative estimate of drug-likeness (QED) is 0.295. The topological polar surface area (TPSA) is 29.7 Å². The van der Waals surface area contributed by atoms with E-state index in [1.165, 1.54) is 51.4 Å². The maximum atomic E-state index is 4.77. The van der Waals surface area contributed by atoms with Gasteiger partial charge in [0.25, 0.3) is 0 Å². The van der Waals surface area contributed by atoms with Gasteiger partial charge < -0.3 is 4.90 Å². The average molecular weight is 282 g/mol. The Morgan fingerprint density at radius 3 is 1.70 bits per heavy atom. The molecule has 0 fully saturated rings. The van der Waals surface area contributed by atoms with E-state index in [9.17, 15) is 0 Å². The molecule has 0 amide bonds. The molecule has 0 bridgehead atoms. The third kappa shape index (κ3) is 10.1. The SMILES string of the molecule is CCCC[N]C(=NCCCC)N(CCCC)CCCC. The van der Waals surface area contributed by atoms with E-state index in [0.29, 0.717) is 0 Å². The van der Waals surface area contributed by atoms with Crippen molar-refractivity contribution in [3.8, 4) is 0 Å². The summed E-state index contributed by atoms with van der Waals surface area (Å²) in [6, 6.07) is 0. The Balaban J connectivity index is 4.53. The van der Waals surface area contributed by atoms with Gasteiger partial charge in [0.2, 0.25) is 5.96 Å². The van der Waals surface area contributed by atoms with Gasteiger partial charge in [-0.3, -0.25) is 10.3 Å². The van der Waals surface area contributed by atoms with Crippen LogP contribution in [0.25, 0.3) is 0 Å². The third-order valence-corrected chi connectivity index (χ3v) is 3.38. The van der Waals surface area contributed by atoms with Gasteiger partial charge in [-0.15, -0.1) is 0 Å². The maximum Gasteiger partial charge on any atom is 0.215 e. The van der Waals surface area contributed by atoms with E-state index in [2.05, 4.69) is 32.6 Å². The first kappa shape index (κ1) is 19.3. The fraction of sp³-hybridized carbons (Fsp3) is 0.941. The van der Waals surface area contributed by atoms with Crippen LogP contribution in [-0.2, 0) is 0 Å². The van der Waals surface area contributed by atoms with Crippen molar-refractivity contribution < 1.29 is 0 Å². The summed E-state index contributed by atoms with van der Waals surface area (Å²) in [5, 5.41) is 4.77. The largest absolute Gasteiger partial charge is 0.341 e. The lowest BCUT2D eigenvalue weighted by Crippen LogP contribution is -2.39. The van der Waals surface area contributed by atoms with E-state index in [1.54, 1.807) is 0 Å². The Bertz CT molecular complexity index is 218. The fourth-order valence-corrected chi connectivity index (χ4v) is 1.93. The van der Waals surface area contributed by atoms with Crippen LogP contribution in [0.5, 0.6) is 0 Å². The molecule has 0 rings (SSSR count). The summed E-state index contributed by atoms with van der Waals surface area (Å²) < 4.78 is 0. The number of hydrogen-bond acceptors (Lipinski definition) is 1. The van der Waals surface area contributed by atoms with Crippen molar-refractivity contribution in [3.05, 3.63) is 0 Å². The molecule has 0 heterocycles. The maximum absolute atomic E-state index is 4.77. The number of guanidine groups is 1. The van der Waals surface area contributed by atoms with Crippen molar-refractivity contribution in [1.29, 1.82) is 0 Å². The molecule has 119 valence electrons. The van der Waals surface area contributed by atoms with Gasteiger partial charge in [-0.1, -0.05) is 53.4 Å². The molecule has 0 spiro atoms. The minimum atomic E-state index is 0.927. The second-order valence-electron chi connectivity index (χ2n) is 5.46. The van der Waals surface area contributed by atoms with E-state index in [4.69, 9.17) is 10.3 Å². The number of aliphatic imine (C=N–C) groups is 1. The number of nitrogens with zero attached hydrogens (tertiary/aromatic N) is 3. The second-order valence-corrected chi connectivity index (χ2v) is 5.46. The molecule has 0 unspecified atom stereocenters. The molecule has 0 saturated heterocycles. The van der Waals surface area contributed by atoms with Crippen LogP contribution in [0.3, 0.4) is 0 Å². The lowest BCUT2D eigenvalue weighted by Gasteiger charge is -2.25. The summed E-state index contributed by atoms with van der Waals surface area (Å²) in [5.41, 5.74) is 0. The van der Waals surface area contributed by atoms with E-state index in [1.807, 2.05) is 0 Å². The predicted octanol–water partition coefficient (Wildman–Crippen LogP) is 4.45. The lowest BCUT2D eigenvalue weighted by atomic mass is 10.2. The highest BCUT2D eigenvalue weighted by Crippen LogP contribution is 2.02. The summed E-state index contributed by atoms with van der Waals surface area (Å²) >= 11 is 0. The smallest absolute Gasteiger partial charge is 0.215 e. The molecule has 1 radical (unpaired) electrons.